The monoisotopic (exact) mass is 1050 g/mol. The summed E-state index contributed by atoms with van der Waals surface area (Å²) in [5.41, 5.74) is 0. The summed E-state index contributed by atoms with van der Waals surface area (Å²) in [6, 6.07) is -0.958. The van der Waals surface area contributed by atoms with E-state index in [4.69, 9.17) is 18.9 Å². The molecule has 14 nitrogen and oxygen atoms in total. The molecular weight excluding hydrogens is 955 g/mol. The predicted molar refractivity (Wildman–Crippen MR) is 299 cm³/mol. The van der Waals surface area contributed by atoms with Gasteiger partial charge in [0, 0.05) is 6.42 Å². The first-order chi connectivity index (χ1) is 36.6. The lowest BCUT2D eigenvalue weighted by atomic mass is 9.97. The molecule has 0 aliphatic carbocycles. The van der Waals surface area contributed by atoms with Crippen LogP contribution in [0.4, 0.5) is 0 Å². The first-order valence-electron chi connectivity index (χ1n) is 27.9. The maximum Gasteiger partial charge on any atom is 0.220 e. The normalized spacial score (nSPS) is 26.1. The van der Waals surface area contributed by atoms with Gasteiger partial charge < -0.3 is 65.1 Å². The topological polar surface area (TPSA) is 228 Å². The third kappa shape index (κ3) is 31.2. The Morgan fingerprint density at radius 2 is 0.933 bits per heavy atom. The first-order valence-corrected chi connectivity index (χ1v) is 27.9. The van der Waals surface area contributed by atoms with Crippen LogP contribution in [0.3, 0.4) is 0 Å². The van der Waals surface area contributed by atoms with Gasteiger partial charge in [0.05, 0.1) is 32.0 Å². The molecule has 12 unspecified atom stereocenters. The van der Waals surface area contributed by atoms with Gasteiger partial charge in [-0.2, -0.15) is 0 Å². The van der Waals surface area contributed by atoms with Gasteiger partial charge >= 0.3 is 0 Å². The molecule has 12 atom stereocenters. The van der Waals surface area contributed by atoms with Gasteiger partial charge in [-0.05, 0) is 103 Å². The fourth-order valence-electron chi connectivity index (χ4n) is 8.06. The van der Waals surface area contributed by atoms with Gasteiger partial charge in [0.15, 0.2) is 12.6 Å². The maximum absolute atomic E-state index is 13.2. The zero-order chi connectivity index (χ0) is 54.6. The lowest BCUT2D eigenvalue weighted by molar-refractivity contribution is -0.359. The van der Waals surface area contributed by atoms with Crippen LogP contribution in [-0.2, 0) is 23.7 Å². The molecule has 0 bridgehead atoms. The van der Waals surface area contributed by atoms with Gasteiger partial charge in [-0.15, -0.1) is 0 Å². The van der Waals surface area contributed by atoms with Crippen LogP contribution in [0, 0.1) is 0 Å². The summed E-state index contributed by atoms with van der Waals surface area (Å²) in [7, 11) is 0. The van der Waals surface area contributed by atoms with Crippen LogP contribution in [-0.4, -0.2) is 140 Å². The van der Waals surface area contributed by atoms with Gasteiger partial charge in [0.1, 0.15) is 48.8 Å². The molecule has 2 aliphatic rings. The van der Waals surface area contributed by atoms with E-state index in [0.29, 0.717) is 12.8 Å². The van der Waals surface area contributed by atoms with E-state index < -0.39 is 86.8 Å². The van der Waals surface area contributed by atoms with Crippen LogP contribution in [0.15, 0.2) is 134 Å². The van der Waals surface area contributed by atoms with E-state index in [1.54, 1.807) is 6.08 Å². The second kappa shape index (κ2) is 45.2. The van der Waals surface area contributed by atoms with E-state index in [-0.39, 0.29) is 18.9 Å². The number of carbonyl (C=O) groups is 1. The number of aliphatic hydroxyl groups is 8. The number of aliphatic hydroxyl groups excluding tert-OH is 8. The Morgan fingerprint density at radius 3 is 1.44 bits per heavy atom. The number of hydrogen-bond donors (Lipinski definition) is 9. The van der Waals surface area contributed by atoms with E-state index in [0.717, 1.165) is 96.3 Å². The van der Waals surface area contributed by atoms with E-state index in [9.17, 15) is 45.6 Å². The molecule has 0 aromatic rings. The molecule has 0 aromatic carbocycles. The summed E-state index contributed by atoms with van der Waals surface area (Å²) >= 11 is 0. The van der Waals surface area contributed by atoms with E-state index in [1.807, 2.05) is 6.08 Å². The Labute approximate surface area is 450 Å². The number of unbranched alkanes of at least 4 members (excludes halogenated alkanes) is 8. The Bertz CT molecular complexity index is 1760. The van der Waals surface area contributed by atoms with Gasteiger partial charge in [0.25, 0.3) is 0 Å². The molecule has 0 spiro atoms. The van der Waals surface area contributed by atoms with Crippen LogP contribution in [0.25, 0.3) is 0 Å². The number of nitrogens with one attached hydrogen (secondary N) is 1. The fraction of sp³-hybridized carbons (Fsp3) is 0.623. The minimum absolute atomic E-state index is 0.223. The summed E-state index contributed by atoms with van der Waals surface area (Å²) in [6.07, 6.45) is 49.4. The van der Waals surface area contributed by atoms with Crippen molar-refractivity contribution in [2.24, 2.45) is 0 Å². The van der Waals surface area contributed by atoms with Gasteiger partial charge in [-0.1, -0.05) is 173 Å². The third-order valence-electron chi connectivity index (χ3n) is 12.6. The Hall–Kier alpha value is -3.87. The zero-order valence-corrected chi connectivity index (χ0v) is 45.2. The molecule has 2 saturated heterocycles. The molecule has 2 rings (SSSR count). The molecule has 1 amide bonds. The van der Waals surface area contributed by atoms with Crippen LogP contribution < -0.4 is 5.32 Å². The minimum Gasteiger partial charge on any atom is -0.394 e. The smallest absolute Gasteiger partial charge is 0.220 e. The Kier molecular flexibility index (Phi) is 40.5. The number of carbonyl (C=O) groups excluding carboxylic acids is 1. The lowest BCUT2D eigenvalue weighted by Crippen LogP contribution is -2.65. The van der Waals surface area contributed by atoms with Crippen LogP contribution in [0.1, 0.15) is 149 Å². The molecule has 424 valence electrons. The average molecular weight is 1050 g/mol. The fourth-order valence-corrected chi connectivity index (χ4v) is 8.06. The number of ether oxygens (including phenoxy) is 4. The molecule has 0 aromatic heterocycles. The molecule has 2 aliphatic heterocycles. The van der Waals surface area contributed by atoms with Crippen molar-refractivity contribution in [2.75, 3.05) is 19.8 Å². The largest absolute Gasteiger partial charge is 0.394 e. The Morgan fingerprint density at radius 1 is 0.493 bits per heavy atom. The van der Waals surface area contributed by atoms with Crippen molar-refractivity contribution < 1.29 is 64.6 Å². The van der Waals surface area contributed by atoms with E-state index in [1.165, 1.54) is 19.3 Å². The summed E-state index contributed by atoms with van der Waals surface area (Å²) in [6.45, 7) is 2.55. The second-order valence-electron chi connectivity index (χ2n) is 19.0. The second-order valence-corrected chi connectivity index (χ2v) is 19.0. The van der Waals surface area contributed by atoms with Crippen molar-refractivity contribution in [3.63, 3.8) is 0 Å². The maximum atomic E-state index is 13.2. The molecule has 9 N–H and O–H groups in total. The van der Waals surface area contributed by atoms with Gasteiger partial charge in [-0.25, -0.2) is 0 Å². The zero-order valence-electron chi connectivity index (χ0n) is 45.2. The molecular formula is C61H97NO13. The number of rotatable bonds is 41. The minimum atomic E-state index is -1.80. The van der Waals surface area contributed by atoms with Crippen molar-refractivity contribution in [1.82, 2.24) is 5.32 Å². The van der Waals surface area contributed by atoms with Crippen molar-refractivity contribution in [3.05, 3.63) is 134 Å². The van der Waals surface area contributed by atoms with Crippen molar-refractivity contribution in [3.8, 4) is 0 Å². The summed E-state index contributed by atoms with van der Waals surface area (Å²) in [4.78, 5) is 13.2. The van der Waals surface area contributed by atoms with Crippen LogP contribution >= 0.6 is 0 Å². The standard InChI is InChI=1S/C61H97NO13/c1-3-5-7-9-11-13-15-16-17-18-19-20-21-22-23-24-25-26-27-28-29-30-31-32-33-34-35-37-39-41-43-45-53(66)62-49(50(65)44-42-40-38-36-14-12-10-8-6-4-2)48-72-60-58(71)56(69)59(52(47-64)74-60)75-61-57(70)55(68)54(67)51(46-63)73-61/h5,7,11,13-14,16-17,19-20,22-23,25-26,28-29,31-32,34-36,42,44,49-52,54-61,63-65,67-71H,3-4,6,8-10,12,15,18,21,24,27,30,33,37-41,43,45-48H2,1-2H3,(H,62,66)/b7-5-,13-11-,17-16-,20-19-,23-22-,26-25-,29-28-,32-31-,35-34-,36-14+,44-42+. The number of amides is 1. The van der Waals surface area contributed by atoms with Crippen molar-refractivity contribution in [2.45, 2.75) is 222 Å². The lowest BCUT2D eigenvalue weighted by Gasteiger charge is -2.46. The average Bonchev–Trinajstić information content (AvgIpc) is 3.41. The number of hydrogen-bond acceptors (Lipinski definition) is 13. The highest BCUT2D eigenvalue weighted by Crippen LogP contribution is 2.30. The quantitative estimate of drug-likeness (QED) is 0.0206. The van der Waals surface area contributed by atoms with Crippen LogP contribution in [0.5, 0.6) is 0 Å². The molecule has 14 heteroatoms. The van der Waals surface area contributed by atoms with Crippen molar-refractivity contribution >= 4 is 5.91 Å². The summed E-state index contributed by atoms with van der Waals surface area (Å²) in [5, 5.41) is 86.7. The predicted octanol–water partition coefficient (Wildman–Crippen LogP) is 8.82. The Balaban J connectivity index is 1.74. The summed E-state index contributed by atoms with van der Waals surface area (Å²) < 4.78 is 22.6. The molecule has 2 heterocycles. The highest BCUT2D eigenvalue weighted by Gasteiger charge is 2.51. The first kappa shape index (κ1) is 67.2. The van der Waals surface area contributed by atoms with Gasteiger partial charge in [-0.3, -0.25) is 4.79 Å². The highest BCUT2D eigenvalue weighted by molar-refractivity contribution is 5.76. The molecule has 0 saturated carbocycles. The third-order valence-corrected chi connectivity index (χ3v) is 12.6. The number of allylic oxidation sites excluding steroid dienone is 21. The molecule has 0 radical (unpaired) electrons. The van der Waals surface area contributed by atoms with Crippen molar-refractivity contribution in [1.29, 1.82) is 0 Å². The van der Waals surface area contributed by atoms with Crippen LogP contribution in [0.2, 0.25) is 0 Å². The summed E-state index contributed by atoms with van der Waals surface area (Å²) in [5.74, 6) is -0.291. The van der Waals surface area contributed by atoms with E-state index in [2.05, 4.69) is 141 Å². The molecule has 75 heavy (non-hydrogen) atoms. The van der Waals surface area contributed by atoms with E-state index >= 15 is 0 Å². The van der Waals surface area contributed by atoms with Gasteiger partial charge in [0.2, 0.25) is 5.91 Å². The highest BCUT2D eigenvalue weighted by atomic mass is 16.7. The molecule has 2 fully saturated rings. The SMILES string of the molecule is CC/C=C\C/C=C\C/C=C\C/C=C\C/C=C\C/C=C\C/C=C\C/C=C\C/C=C\CCCCCC(=O)NC(COC1OC(CO)C(OC2OC(CO)C(O)C(O)C2O)C(O)C1O)C(O)/C=C/CC/C=C/CCCCCC.